The molecule has 1 rings (SSSR count). The molecule has 0 saturated heterocycles. The molecule has 1 atom stereocenters. The van der Waals surface area contributed by atoms with Gasteiger partial charge in [0.15, 0.2) is 0 Å². The van der Waals surface area contributed by atoms with E-state index in [-0.39, 0.29) is 12.5 Å². The van der Waals surface area contributed by atoms with E-state index in [1.165, 1.54) is 5.48 Å². The van der Waals surface area contributed by atoms with Crippen LogP contribution in [-0.4, -0.2) is 23.2 Å². The van der Waals surface area contributed by atoms with E-state index < -0.39 is 18.0 Å². The maximum atomic E-state index is 11.6. The summed E-state index contributed by atoms with van der Waals surface area (Å²) in [5, 5.41) is 11.0. The third-order valence-electron chi connectivity index (χ3n) is 2.55. The minimum absolute atomic E-state index is 0.123. The van der Waals surface area contributed by atoms with E-state index in [1.54, 1.807) is 13.8 Å². The van der Waals surface area contributed by atoms with Crippen LogP contribution in [0.1, 0.15) is 19.4 Å². The van der Waals surface area contributed by atoms with Gasteiger partial charge in [-0.15, -0.1) is 0 Å². The highest BCUT2D eigenvalue weighted by atomic mass is 16.5. The van der Waals surface area contributed by atoms with Crippen molar-refractivity contribution in [2.75, 3.05) is 0 Å². The standard InChI is InChI=1S/C13H18N2O4/c1-9(2)11(12(16)15-18)14-13(17)19-8-10-6-4-3-5-7-10/h3-7,9,11,18H,8H2,1-2H3,(H,14,17)(H,15,16)/t11-/m0/s1. The molecule has 0 fully saturated rings. The monoisotopic (exact) mass is 266 g/mol. The highest BCUT2D eigenvalue weighted by molar-refractivity contribution is 5.84. The predicted octanol–water partition coefficient (Wildman–Crippen LogP) is 1.44. The van der Waals surface area contributed by atoms with Gasteiger partial charge in [0.1, 0.15) is 12.6 Å². The van der Waals surface area contributed by atoms with Crippen molar-refractivity contribution in [3.63, 3.8) is 0 Å². The Balaban J connectivity index is 2.47. The summed E-state index contributed by atoms with van der Waals surface area (Å²) in [6.45, 7) is 3.62. The van der Waals surface area contributed by atoms with Crippen molar-refractivity contribution in [2.24, 2.45) is 5.92 Å². The highest BCUT2D eigenvalue weighted by Crippen LogP contribution is 2.04. The van der Waals surface area contributed by atoms with Crippen LogP contribution in [0.5, 0.6) is 0 Å². The van der Waals surface area contributed by atoms with E-state index in [1.807, 2.05) is 30.3 Å². The molecule has 1 aromatic carbocycles. The zero-order chi connectivity index (χ0) is 14.3. The molecule has 0 aliphatic carbocycles. The number of carbonyl (C=O) groups is 2. The van der Waals surface area contributed by atoms with Crippen LogP contribution in [0, 0.1) is 5.92 Å². The Labute approximate surface area is 111 Å². The topological polar surface area (TPSA) is 87.7 Å². The maximum Gasteiger partial charge on any atom is 0.408 e. The van der Waals surface area contributed by atoms with E-state index in [4.69, 9.17) is 9.94 Å². The summed E-state index contributed by atoms with van der Waals surface area (Å²) in [7, 11) is 0. The number of hydrogen-bond acceptors (Lipinski definition) is 4. The average molecular weight is 266 g/mol. The zero-order valence-corrected chi connectivity index (χ0v) is 10.9. The molecule has 104 valence electrons. The molecule has 0 aromatic heterocycles. The molecule has 0 heterocycles. The normalized spacial score (nSPS) is 11.8. The molecule has 6 heteroatoms. The second kappa shape index (κ2) is 7.38. The fraction of sp³-hybridized carbons (Fsp3) is 0.385. The number of carbonyl (C=O) groups excluding carboxylic acids is 2. The molecular weight excluding hydrogens is 248 g/mol. The van der Waals surface area contributed by atoms with E-state index in [2.05, 4.69) is 5.32 Å². The Bertz CT molecular complexity index is 420. The predicted molar refractivity (Wildman–Crippen MR) is 68.3 cm³/mol. The fourth-order valence-corrected chi connectivity index (χ4v) is 1.50. The molecule has 0 bridgehead atoms. The summed E-state index contributed by atoms with van der Waals surface area (Å²) in [6.07, 6.45) is -0.703. The highest BCUT2D eigenvalue weighted by Gasteiger charge is 2.24. The van der Waals surface area contributed by atoms with Gasteiger partial charge in [-0.05, 0) is 11.5 Å². The Morgan fingerprint density at radius 1 is 1.26 bits per heavy atom. The van der Waals surface area contributed by atoms with Crippen LogP contribution in [0.2, 0.25) is 0 Å². The lowest BCUT2D eigenvalue weighted by Crippen LogP contribution is -2.49. The molecule has 0 spiro atoms. The molecule has 1 aromatic rings. The molecule has 0 radical (unpaired) electrons. The fourth-order valence-electron chi connectivity index (χ4n) is 1.50. The van der Waals surface area contributed by atoms with Crippen LogP contribution in [0.3, 0.4) is 0 Å². The second-order valence-electron chi connectivity index (χ2n) is 4.40. The number of rotatable bonds is 5. The Morgan fingerprint density at radius 3 is 2.42 bits per heavy atom. The van der Waals surface area contributed by atoms with Crippen LogP contribution >= 0.6 is 0 Å². The van der Waals surface area contributed by atoms with E-state index in [0.29, 0.717) is 0 Å². The molecule has 0 aliphatic rings. The number of nitrogens with one attached hydrogen (secondary N) is 2. The number of hydrogen-bond donors (Lipinski definition) is 3. The zero-order valence-electron chi connectivity index (χ0n) is 10.9. The van der Waals surface area contributed by atoms with Crippen LogP contribution in [0.25, 0.3) is 0 Å². The first-order chi connectivity index (χ1) is 9.04. The van der Waals surface area contributed by atoms with Gasteiger partial charge in [-0.1, -0.05) is 44.2 Å². The summed E-state index contributed by atoms with van der Waals surface area (Å²) in [5.41, 5.74) is 2.37. The number of benzene rings is 1. The first-order valence-electron chi connectivity index (χ1n) is 5.95. The van der Waals surface area contributed by atoms with Gasteiger partial charge >= 0.3 is 6.09 Å². The summed E-state index contributed by atoms with van der Waals surface area (Å²) in [5.74, 6) is -0.844. The van der Waals surface area contributed by atoms with Crippen molar-refractivity contribution in [1.29, 1.82) is 0 Å². The van der Waals surface area contributed by atoms with Crippen molar-refractivity contribution < 1.29 is 19.5 Å². The van der Waals surface area contributed by atoms with Crippen molar-refractivity contribution in [2.45, 2.75) is 26.5 Å². The third kappa shape index (κ3) is 4.97. The number of amides is 2. The Kier molecular flexibility index (Phi) is 5.81. The van der Waals surface area contributed by atoms with Crippen molar-refractivity contribution in [3.8, 4) is 0 Å². The summed E-state index contributed by atoms with van der Waals surface area (Å²) in [4.78, 5) is 22.9. The van der Waals surface area contributed by atoms with E-state index in [9.17, 15) is 9.59 Å². The lowest BCUT2D eigenvalue weighted by Gasteiger charge is -2.19. The molecule has 0 saturated carbocycles. The SMILES string of the molecule is CC(C)[C@H](NC(=O)OCc1ccccc1)C(=O)NO. The number of ether oxygens (including phenoxy) is 1. The Morgan fingerprint density at radius 2 is 1.89 bits per heavy atom. The molecule has 6 nitrogen and oxygen atoms in total. The smallest absolute Gasteiger partial charge is 0.408 e. The first-order valence-corrected chi connectivity index (χ1v) is 5.95. The molecular formula is C13H18N2O4. The molecule has 2 amide bonds. The largest absolute Gasteiger partial charge is 0.445 e. The van der Waals surface area contributed by atoms with Crippen LogP contribution in [0.4, 0.5) is 4.79 Å². The van der Waals surface area contributed by atoms with Gasteiger partial charge in [0.05, 0.1) is 0 Å². The van der Waals surface area contributed by atoms with Crippen molar-refractivity contribution in [3.05, 3.63) is 35.9 Å². The van der Waals surface area contributed by atoms with Crippen LogP contribution in [0.15, 0.2) is 30.3 Å². The van der Waals surface area contributed by atoms with E-state index >= 15 is 0 Å². The summed E-state index contributed by atoms with van der Waals surface area (Å²) < 4.78 is 4.99. The summed E-state index contributed by atoms with van der Waals surface area (Å²) >= 11 is 0. The van der Waals surface area contributed by atoms with Gasteiger partial charge in [-0.2, -0.15) is 0 Å². The van der Waals surface area contributed by atoms with Gasteiger partial charge in [0, 0.05) is 0 Å². The van der Waals surface area contributed by atoms with E-state index in [0.717, 1.165) is 5.56 Å². The van der Waals surface area contributed by atoms with Gasteiger partial charge in [0.2, 0.25) is 0 Å². The maximum absolute atomic E-state index is 11.6. The minimum atomic E-state index is -0.840. The third-order valence-corrected chi connectivity index (χ3v) is 2.55. The van der Waals surface area contributed by atoms with Gasteiger partial charge in [-0.25, -0.2) is 10.3 Å². The number of alkyl carbamates (subject to hydrolysis) is 1. The van der Waals surface area contributed by atoms with Gasteiger partial charge < -0.3 is 10.1 Å². The lowest BCUT2D eigenvalue weighted by atomic mass is 10.0. The van der Waals surface area contributed by atoms with Crippen LogP contribution in [-0.2, 0) is 16.1 Å². The Hall–Kier alpha value is -2.08. The second-order valence-corrected chi connectivity index (χ2v) is 4.40. The molecule has 0 aliphatic heterocycles. The lowest BCUT2D eigenvalue weighted by molar-refractivity contribution is -0.132. The van der Waals surface area contributed by atoms with Crippen molar-refractivity contribution in [1.82, 2.24) is 10.8 Å². The van der Waals surface area contributed by atoms with Gasteiger partial charge in [-0.3, -0.25) is 10.0 Å². The summed E-state index contributed by atoms with van der Waals surface area (Å²) in [6, 6.07) is 8.36. The molecule has 19 heavy (non-hydrogen) atoms. The molecule has 0 unspecified atom stereocenters. The number of hydroxylamine groups is 1. The molecule has 3 N–H and O–H groups in total. The van der Waals surface area contributed by atoms with Crippen LogP contribution < -0.4 is 10.8 Å². The minimum Gasteiger partial charge on any atom is -0.445 e. The van der Waals surface area contributed by atoms with Gasteiger partial charge in [0.25, 0.3) is 5.91 Å². The van der Waals surface area contributed by atoms with Crippen molar-refractivity contribution >= 4 is 12.0 Å². The average Bonchev–Trinajstić information content (AvgIpc) is 2.42. The first kappa shape index (κ1) is 15.0. The quantitative estimate of drug-likeness (QED) is 0.556.